The number of nitriles is 1. The van der Waals surface area contributed by atoms with Crippen LogP contribution in [-0.2, 0) is 0 Å². The molecule has 1 aliphatic rings. The molecule has 0 saturated carbocycles. The van der Waals surface area contributed by atoms with E-state index in [1.165, 1.54) is 10.9 Å². The van der Waals surface area contributed by atoms with Crippen LogP contribution in [0.3, 0.4) is 0 Å². The van der Waals surface area contributed by atoms with E-state index in [4.69, 9.17) is 5.26 Å². The summed E-state index contributed by atoms with van der Waals surface area (Å²) in [6.07, 6.45) is 3.09. The summed E-state index contributed by atoms with van der Waals surface area (Å²) in [7, 11) is 2.07. The Morgan fingerprint density at radius 3 is 2.56 bits per heavy atom. The van der Waals surface area contributed by atoms with Gasteiger partial charge in [0.05, 0.1) is 29.0 Å². The van der Waals surface area contributed by atoms with E-state index in [-0.39, 0.29) is 17.3 Å². The number of hydrogen-bond donors (Lipinski definition) is 1. The van der Waals surface area contributed by atoms with Crippen LogP contribution < -0.4 is 0 Å². The number of piperazine rings is 1. The molecule has 1 saturated heterocycles. The fourth-order valence-electron chi connectivity index (χ4n) is 3.97. The molecule has 1 N–H and O–H groups in total. The predicted molar refractivity (Wildman–Crippen MR) is 121 cm³/mol. The highest BCUT2D eigenvalue weighted by atomic mass is 16.3. The van der Waals surface area contributed by atoms with Crippen molar-refractivity contribution < 1.29 is 9.90 Å². The topological polar surface area (TPSA) is 98.3 Å². The normalized spacial score (nSPS) is 16.0. The number of rotatable bonds is 3. The summed E-state index contributed by atoms with van der Waals surface area (Å²) in [6.45, 7) is 8.28. The minimum atomic E-state index is -0.0812. The van der Waals surface area contributed by atoms with Crippen molar-refractivity contribution in [1.29, 1.82) is 5.26 Å². The summed E-state index contributed by atoms with van der Waals surface area (Å²) in [5, 5.41) is 24.1. The number of aromatic hydroxyl groups is 1. The van der Waals surface area contributed by atoms with Crippen LogP contribution >= 0.6 is 0 Å². The van der Waals surface area contributed by atoms with Gasteiger partial charge in [0.2, 0.25) is 5.88 Å². The van der Waals surface area contributed by atoms with Crippen molar-refractivity contribution in [2.75, 3.05) is 26.7 Å². The molecular formula is C24H26N6O2. The Labute approximate surface area is 187 Å². The number of hydrogen-bond acceptors (Lipinski definition) is 6. The van der Waals surface area contributed by atoms with Gasteiger partial charge in [-0.05, 0) is 63.2 Å². The van der Waals surface area contributed by atoms with Gasteiger partial charge in [0.1, 0.15) is 0 Å². The second-order valence-electron chi connectivity index (χ2n) is 8.80. The molecule has 0 spiro atoms. The highest BCUT2D eigenvalue weighted by molar-refractivity contribution is 5.94. The molecule has 3 heterocycles. The number of likely N-dealkylation sites (N-methyl/N-ethyl adjacent to an activating group) is 1. The SMILES string of the molecule is Cc1cc(C#N)ccc1-c1cnn(-c2ccc(C(=O)N3CCN(C)C(C)(C)C3)cn2)c1O. The monoisotopic (exact) mass is 430 g/mol. The third kappa shape index (κ3) is 3.83. The van der Waals surface area contributed by atoms with Crippen LogP contribution in [0, 0.1) is 18.3 Å². The van der Waals surface area contributed by atoms with Gasteiger partial charge in [-0.25, -0.2) is 4.98 Å². The number of benzene rings is 1. The number of aryl methyl sites for hydroxylation is 1. The number of amides is 1. The van der Waals surface area contributed by atoms with Crippen molar-refractivity contribution in [2.45, 2.75) is 26.3 Å². The third-order valence-electron chi connectivity index (χ3n) is 6.21. The molecule has 1 aliphatic heterocycles. The zero-order chi connectivity index (χ0) is 23.0. The van der Waals surface area contributed by atoms with Crippen LogP contribution in [-0.4, -0.2) is 67.8 Å². The summed E-state index contributed by atoms with van der Waals surface area (Å²) < 4.78 is 1.33. The zero-order valence-corrected chi connectivity index (χ0v) is 18.7. The van der Waals surface area contributed by atoms with Gasteiger partial charge in [-0.15, -0.1) is 0 Å². The van der Waals surface area contributed by atoms with Gasteiger partial charge in [-0.1, -0.05) is 6.07 Å². The number of aromatic nitrogens is 3. The molecule has 0 atom stereocenters. The van der Waals surface area contributed by atoms with E-state index in [1.54, 1.807) is 36.5 Å². The minimum Gasteiger partial charge on any atom is -0.493 e. The molecule has 8 heteroatoms. The molecule has 1 amide bonds. The van der Waals surface area contributed by atoms with Gasteiger partial charge in [-0.3, -0.25) is 9.69 Å². The maximum absolute atomic E-state index is 13.0. The van der Waals surface area contributed by atoms with E-state index >= 15 is 0 Å². The first-order valence-corrected chi connectivity index (χ1v) is 10.5. The molecular weight excluding hydrogens is 404 g/mol. The predicted octanol–water partition coefficient (Wildman–Crippen LogP) is 2.99. The van der Waals surface area contributed by atoms with E-state index < -0.39 is 0 Å². The Morgan fingerprint density at radius 2 is 1.94 bits per heavy atom. The van der Waals surface area contributed by atoms with Gasteiger partial charge >= 0.3 is 0 Å². The van der Waals surface area contributed by atoms with Crippen molar-refractivity contribution in [2.24, 2.45) is 0 Å². The Bertz CT molecular complexity index is 1210. The van der Waals surface area contributed by atoms with Crippen molar-refractivity contribution in [1.82, 2.24) is 24.6 Å². The van der Waals surface area contributed by atoms with Gasteiger partial charge in [-0.2, -0.15) is 15.0 Å². The van der Waals surface area contributed by atoms with E-state index in [9.17, 15) is 9.90 Å². The largest absolute Gasteiger partial charge is 0.493 e. The van der Waals surface area contributed by atoms with E-state index in [2.05, 4.69) is 41.9 Å². The quantitative estimate of drug-likeness (QED) is 0.686. The second-order valence-corrected chi connectivity index (χ2v) is 8.80. The average molecular weight is 431 g/mol. The van der Waals surface area contributed by atoms with Crippen molar-refractivity contribution in [3.8, 4) is 28.9 Å². The maximum atomic E-state index is 13.0. The summed E-state index contributed by atoms with van der Waals surface area (Å²) in [5.74, 6) is 0.310. The lowest BCUT2D eigenvalue weighted by Gasteiger charge is -2.45. The van der Waals surface area contributed by atoms with E-state index in [1.807, 2.05) is 11.8 Å². The highest BCUT2D eigenvalue weighted by Gasteiger charge is 2.33. The minimum absolute atomic E-state index is 0.0507. The van der Waals surface area contributed by atoms with E-state index in [0.29, 0.717) is 35.6 Å². The molecule has 164 valence electrons. The third-order valence-corrected chi connectivity index (χ3v) is 6.21. The first kappa shape index (κ1) is 21.5. The fraction of sp³-hybridized carbons (Fsp3) is 0.333. The molecule has 8 nitrogen and oxygen atoms in total. The van der Waals surface area contributed by atoms with Gasteiger partial charge in [0.15, 0.2) is 5.82 Å². The smallest absolute Gasteiger partial charge is 0.255 e. The number of carbonyl (C=O) groups is 1. The Morgan fingerprint density at radius 1 is 1.16 bits per heavy atom. The van der Waals surface area contributed by atoms with Gasteiger partial charge in [0, 0.05) is 31.4 Å². The number of nitrogens with zero attached hydrogens (tertiary/aromatic N) is 6. The van der Waals surface area contributed by atoms with Crippen LogP contribution in [0.2, 0.25) is 0 Å². The lowest BCUT2D eigenvalue weighted by atomic mass is 9.99. The molecule has 0 radical (unpaired) electrons. The van der Waals surface area contributed by atoms with Crippen LogP contribution in [0.1, 0.15) is 35.3 Å². The lowest BCUT2D eigenvalue weighted by molar-refractivity contribution is 0.0311. The molecule has 1 fully saturated rings. The first-order valence-electron chi connectivity index (χ1n) is 10.5. The summed E-state index contributed by atoms with van der Waals surface area (Å²) in [6, 6.07) is 10.8. The van der Waals surface area contributed by atoms with Gasteiger partial charge in [0.25, 0.3) is 5.91 Å². The summed E-state index contributed by atoms with van der Waals surface area (Å²) >= 11 is 0. The molecule has 4 rings (SSSR count). The molecule has 3 aromatic rings. The molecule has 0 unspecified atom stereocenters. The maximum Gasteiger partial charge on any atom is 0.255 e. The summed E-state index contributed by atoms with van der Waals surface area (Å²) in [4.78, 5) is 21.4. The first-order chi connectivity index (χ1) is 15.2. The van der Waals surface area contributed by atoms with Crippen molar-refractivity contribution >= 4 is 5.91 Å². The van der Waals surface area contributed by atoms with Crippen LogP contribution in [0.4, 0.5) is 0 Å². The van der Waals surface area contributed by atoms with Crippen LogP contribution in [0.5, 0.6) is 5.88 Å². The van der Waals surface area contributed by atoms with Crippen molar-refractivity contribution in [3.05, 3.63) is 59.4 Å². The number of pyridine rings is 1. The Kier molecular flexibility index (Phi) is 5.45. The Balaban J connectivity index is 1.57. The van der Waals surface area contributed by atoms with Crippen molar-refractivity contribution in [3.63, 3.8) is 0 Å². The number of carbonyl (C=O) groups excluding carboxylic acids is 1. The molecule has 1 aromatic carbocycles. The molecule has 32 heavy (non-hydrogen) atoms. The highest BCUT2D eigenvalue weighted by Crippen LogP contribution is 2.33. The van der Waals surface area contributed by atoms with Crippen LogP contribution in [0.15, 0.2) is 42.7 Å². The second kappa shape index (κ2) is 8.09. The standard InChI is InChI=1S/C24H26N6O2/c1-16-11-17(12-25)5-7-19(16)20-14-27-30(23(20)32)21-8-6-18(13-26-21)22(31)29-10-9-28(4)24(2,3)15-29/h5-8,11,13-14,32H,9-10,15H2,1-4H3. The lowest BCUT2D eigenvalue weighted by Crippen LogP contribution is -2.58. The van der Waals surface area contributed by atoms with E-state index in [0.717, 1.165) is 17.7 Å². The zero-order valence-electron chi connectivity index (χ0n) is 18.7. The molecule has 0 aliphatic carbocycles. The Hall–Kier alpha value is -3.70. The molecule has 2 aromatic heterocycles. The average Bonchev–Trinajstić information content (AvgIpc) is 3.16. The van der Waals surface area contributed by atoms with Gasteiger partial charge < -0.3 is 10.0 Å². The summed E-state index contributed by atoms with van der Waals surface area (Å²) in [5.41, 5.74) is 3.18. The fourth-order valence-corrected chi connectivity index (χ4v) is 3.97. The van der Waals surface area contributed by atoms with Crippen LogP contribution in [0.25, 0.3) is 16.9 Å². The molecule has 0 bridgehead atoms.